The van der Waals surface area contributed by atoms with Crippen LogP contribution in [0.3, 0.4) is 0 Å². The monoisotopic (exact) mass is 438 g/mol. The van der Waals surface area contributed by atoms with E-state index in [2.05, 4.69) is 20.3 Å². The molecule has 29 heavy (non-hydrogen) atoms. The van der Waals surface area contributed by atoms with Gasteiger partial charge in [0.25, 0.3) is 0 Å². The molecule has 0 amide bonds. The van der Waals surface area contributed by atoms with Gasteiger partial charge in [0.2, 0.25) is 10.0 Å². The van der Waals surface area contributed by atoms with Crippen molar-refractivity contribution < 1.29 is 12.8 Å². The number of benzene rings is 2. The van der Waals surface area contributed by atoms with Gasteiger partial charge in [-0.1, -0.05) is 12.1 Å². The van der Waals surface area contributed by atoms with Crippen LogP contribution in [0.15, 0.2) is 63.3 Å². The summed E-state index contributed by atoms with van der Waals surface area (Å²) in [4.78, 5) is 5.83. The van der Waals surface area contributed by atoms with Crippen molar-refractivity contribution in [1.82, 2.24) is 15.4 Å². The third kappa shape index (κ3) is 8.04. The first-order valence-corrected chi connectivity index (χ1v) is 11.8. The van der Waals surface area contributed by atoms with Gasteiger partial charge in [0, 0.05) is 18.0 Å². The van der Waals surface area contributed by atoms with E-state index in [1.807, 2.05) is 6.92 Å². The Balaban J connectivity index is 1.80. The van der Waals surface area contributed by atoms with Gasteiger partial charge in [0.1, 0.15) is 5.82 Å². The summed E-state index contributed by atoms with van der Waals surface area (Å²) in [5.74, 6) is 1.41. The zero-order chi connectivity index (χ0) is 21.1. The van der Waals surface area contributed by atoms with Gasteiger partial charge in [-0.05, 0) is 68.1 Å². The predicted molar refractivity (Wildman–Crippen MR) is 117 cm³/mol. The lowest BCUT2D eigenvalue weighted by Gasteiger charge is -2.11. The lowest BCUT2D eigenvalue weighted by Crippen LogP contribution is -2.37. The number of aliphatic imine (C=N–C) groups is 1. The Bertz CT molecular complexity index is 886. The zero-order valence-electron chi connectivity index (χ0n) is 16.6. The normalized spacial score (nSPS) is 12.0. The maximum absolute atomic E-state index is 12.9. The molecule has 0 aliphatic rings. The molecule has 0 aliphatic carbocycles. The Morgan fingerprint density at radius 2 is 1.76 bits per heavy atom. The molecule has 0 aromatic heterocycles. The molecule has 0 saturated heterocycles. The van der Waals surface area contributed by atoms with E-state index in [1.54, 1.807) is 48.2 Å². The first kappa shape index (κ1) is 23.2. The van der Waals surface area contributed by atoms with Crippen LogP contribution in [0.2, 0.25) is 0 Å². The van der Waals surface area contributed by atoms with Gasteiger partial charge < -0.3 is 10.6 Å². The second-order valence-corrected chi connectivity index (χ2v) is 9.18. The molecule has 0 fully saturated rings. The van der Waals surface area contributed by atoms with Crippen LogP contribution in [0.25, 0.3) is 0 Å². The van der Waals surface area contributed by atoms with E-state index in [1.165, 1.54) is 19.2 Å². The van der Waals surface area contributed by atoms with Gasteiger partial charge >= 0.3 is 0 Å². The maximum atomic E-state index is 12.9. The van der Waals surface area contributed by atoms with E-state index in [4.69, 9.17) is 0 Å². The molecule has 0 unspecified atom stereocenters. The first-order chi connectivity index (χ1) is 13.9. The molecule has 0 saturated carbocycles. The maximum Gasteiger partial charge on any atom is 0.240 e. The molecule has 0 atom stereocenters. The number of rotatable bonds is 10. The van der Waals surface area contributed by atoms with E-state index in [9.17, 15) is 12.8 Å². The van der Waals surface area contributed by atoms with Crippen molar-refractivity contribution in [2.24, 2.45) is 4.99 Å². The number of nitrogens with zero attached hydrogens (tertiary/aromatic N) is 1. The molecule has 9 heteroatoms. The highest BCUT2D eigenvalue weighted by Crippen LogP contribution is 2.18. The van der Waals surface area contributed by atoms with E-state index in [-0.39, 0.29) is 10.7 Å². The second-order valence-electron chi connectivity index (χ2n) is 6.13. The standard InChI is InChI=1S/C20H27FN4O2S2/c1-3-23-20(24-13-4-14-28-18-9-7-17(21)8-10-18)25-15-16-5-11-19(12-6-16)29(26,27)22-2/h5-12,22H,3-4,13-15H2,1-2H3,(H2,23,24,25). The average Bonchev–Trinajstić information content (AvgIpc) is 2.73. The van der Waals surface area contributed by atoms with Crippen molar-refractivity contribution in [2.75, 3.05) is 25.9 Å². The summed E-state index contributed by atoms with van der Waals surface area (Å²) in [6.07, 6.45) is 0.934. The predicted octanol–water partition coefficient (Wildman–Crippen LogP) is 2.97. The van der Waals surface area contributed by atoms with Gasteiger partial charge in [-0.25, -0.2) is 22.5 Å². The van der Waals surface area contributed by atoms with Crippen LogP contribution in [0.5, 0.6) is 0 Å². The molecule has 0 aliphatic heterocycles. The van der Waals surface area contributed by atoms with Crippen LogP contribution in [0, 0.1) is 5.82 Å². The summed E-state index contributed by atoms with van der Waals surface area (Å²) in [7, 11) is -2.04. The third-order valence-electron chi connectivity index (χ3n) is 3.96. The van der Waals surface area contributed by atoms with Gasteiger partial charge in [-0.2, -0.15) is 0 Å². The number of hydrogen-bond acceptors (Lipinski definition) is 4. The highest BCUT2D eigenvalue weighted by Gasteiger charge is 2.10. The van der Waals surface area contributed by atoms with Crippen molar-refractivity contribution in [2.45, 2.75) is 29.7 Å². The Labute approximate surface area is 176 Å². The SMILES string of the molecule is CCNC(=NCc1ccc(S(=O)(=O)NC)cc1)NCCCSc1ccc(F)cc1. The minimum atomic E-state index is -3.43. The van der Waals surface area contributed by atoms with E-state index < -0.39 is 10.0 Å². The van der Waals surface area contributed by atoms with E-state index in [0.717, 1.165) is 35.7 Å². The lowest BCUT2D eigenvalue weighted by molar-refractivity contribution is 0.588. The molecule has 0 bridgehead atoms. The fourth-order valence-corrected chi connectivity index (χ4v) is 3.99. The minimum Gasteiger partial charge on any atom is -0.357 e. The van der Waals surface area contributed by atoms with Gasteiger partial charge in [-0.3, -0.25) is 0 Å². The Morgan fingerprint density at radius 3 is 2.38 bits per heavy atom. The summed E-state index contributed by atoms with van der Waals surface area (Å²) >= 11 is 1.69. The van der Waals surface area contributed by atoms with Gasteiger partial charge in [0.15, 0.2) is 5.96 Å². The molecule has 2 rings (SSSR count). The van der Waals surface area contributed by atoms with Gasteiger partial charge in [0.05, 0.1) is 11.4 Å². The minimum absolute atomic E-state index is 0.221. The highest BCUT2D eigenvalue weighted by molar-refractivity contribution is 7.99. The van der Waals surface area contributed by atoms with Crippen LogP contribution in [-0.4, -0.2) is 40.3 Å². The van der Waals surface area contributed by atoms with Crippen LogP contribution < -0.4 is 15.4 Å². The number of nitrogens with one attached hydrogen (secondary N) is 3. The molecule has 6 nitrogen and oxygen atoms in total. The third-order valence-corrected chi connectivity index (χ3v) is 6.49. The average molecular weight is 439 g/mol. The van der Waals surface area contributed by atoms with Crippen molar-refractivity contribution >= 4 is 27.7 Å². The Hall–Kier alpha value is -2.10. The van der Waals surface area contributed by atoms with Crippen molar-refractivity contribution in [3.8, 4) is 0 Å². The van der Waals surface area contributed by atoms with Crippen molar-refractivity contribution in [3.63, 3.8) is 0 Å². The van der Waals surface area contributed by atoms with Crippen LogP contribution in [0.1, 0.15) is 18.9 Å². The first-order valence-electron chi connectivity index (χ1n) is 9.37. The summed E-state index contributed by atoms with van der Waals surface area (Å²) in [5.41, 5.74) is 0.920. The molecule has 0 heterocycles. The number of thioether (sulfide) groups is 1. The quantitative estimate of drug-likeness (QED) is 0.230. The fourth-order valence-electron chi connectivity index (χ4n) is 2.40. The smallest absolute Gasteiger partial charge is 0.240 e. The molecule has 0 radical (unpaired) electrons. The Kier molecular flexibility index (Phi) is 9.43. The van der Waals surface area contributed by atoms with Crippen molar-refractivity contribution in [1.29, 1.82) is 0 Å². The second kappa shape index (κ2) is 11.8. The van der Waals surface area contributed by atoms with Crippen molar-refractivity contribution in [3.05, 3.63) is 59.9 Å². The molecular weight excluding hydrogens is 411 g/mol. The summed E-state index contributed by atoms with van der Waals surface area (Å²) in [6.45, 7) is 3.95. The largest absolute Gasteiger partial charge is 0.357 e. The van der Waals surface area contributed by atoms with E-state index >= 15 is 0 Å². The van der Waals surface area contributed by atoms with Gasteiger partial charge in [-0.15, -0.1) is 11.8 Å². The summed E-state index contributed by atoms with van der Waals surface area (Å²) in [5, 5.41) is 6.49. The number of halogens is 1. The lowest BCUT2D eigenvalue weighted by atomic mass is 10.2. The summed E-state index contributed by atoms with van der Waals surface area (Å²) in [6, 6.07) is 13.2. The molecule has 2 aromatic rings. The highest BCUT2D eigenvalue weighted by atomic mass is 32.2. The molecule has 2 aromatic carbocycles. The Morgan fingerprint density at radius 1 is 1.07 bits per heavy atom. The zero-order valence-corrected chi connectivity index (χ0v) is 18.2. The molecule has 158 valence electrons. The number of hydrogen-bond donors (Lipinski definition) is 3. The van der Waals surface area contributed by atoms with Crippen LogP contribution in [0.4, 0.5) is 4.39 Å². The molecular formula is C20H27FN4O2S2. The molecule has 3 N–H and O–H groups in total. The van der Waals surface area contributed by atoms with Crippen LogP contribution in [-0.2, 0) is 16.6 Å². The molecule has 0 spiro atoms. The summed E-state index contributed by atoms with van der Waals surface area (Å²) < 4.78 is 38.7. The topological polar surface area (TPSA) is 82.6 Å². The van der Waals surface area contributed by atoms with E-state index in [0.29, 0.717) is 12.5 Å². The number of guanidine groups is 1. The van der Waals surface area contributed by atoms with Crippen LogP contribution >= 0.6 is 11.8 Å². The fraction of sp³-hybridized carbons (Fsp3) is 0.350. The number of sulfonamides is 1.